The Morgan fingerprint density at radius 1 is 1.26 bits per heavy atom. The number of rotatable bonds is 3. The molecule has 1 aliphatic rings. The fourth-order valence-corrected chi connectivity index (χ4v) is 3.63. The molecule has 4 rings (SSSR count). The number of halogens is 1. The van der Waals surface area contributed by atoms with E-state index in [2.05, 4.69) is 14.7 Å². The molecule has 0 aliphatic carbocycles. The average molecular weight is 335 g/mol. The van der Waals surface area contributed by atoms with Gasteiger partial charge in [0.2, 0.25) is 6.79 Å². The van der Waals surface area contributed by atoms with Crippen LogP contribution in [0.25, 0.3) is 11.0 Å². The Morgan fingerprint density at radius 3 is 3.00 bits per heavy atom. The minimum absolute atomic E-state index is 0.131. The molecule has 0 saturated heterocycles. The Balaban J connectivity index is 1.78. The zero-order chi connectivity index (χ0) is 16.0. The van der Waals surface area contributed by atoms with E-state index in [1.54, 1.807) is 18.3 Å². The highest BCUT2D eigenvalue weighted by Crippen LogP contribution is 2.40. The van der Waals surface area contributed by atoms with E-state index in [-0.39, 0.29) is 24.0 Å². The van der Waals surface area contributed by atoms with Crippen LogP contribution in [0.1, 0.15) is 0 Å². The van der Waals surface area contributed by atoms with Crippen LogP contribution in [-0.4, -0.2) is 25.2 Å². The summed E-state index contributed by atoms with van der Waals surface area (Å²) >= 11 is 0. The van der Waals surface area contributed by atoms with Crippen LogP contribution in [0.15, 0.2) is 41.6 Å². The third-order valence-electron chi connectivity index (χ3n) is 3.37. The number of benzene rings is 1. The van der Waals surface area contributed by atoms with Crippen molar-refractivity contribution in [3.8, 4) is 11.5 Å². The van der Waals surface area contributed by atoms with Crippen molar-refractivity contribution in [1.82, 2.24) is 9.97 Å². The SMILES string of the molecule is O=S(=O)(Nc1cnc2[nH]ccc2c1)c1c(F)ccc2c1OCO2. The third-order valence-corrected chi connectivity index (χ3v) is 4.79. The van der Waals surface area contributed by atoms with E-state index in [0.29, 0.717) is 5.65 Å². The Morgan fingerprint density at radius 2 is 2.13 bits per heavy atom. The second kappa shape index (κ2) is 4.85. The topological polar surface area (TPSA) is 93.3 Å². The first-order valence-corrected chi connectivity index (χ1v) is 8.07. The van der Waals surface area contributed by atoms with E-state index in [1.807, 2.05) is 0 Å². The van der Waals surface area contributed by atoms with Gasteiger partial charge < -0.3 is 14.5 Å². The van der Waals surface area contributed by atoms with Gasteiger partial charge in [-0.2, -0.15) is 0 Å². The molecule has 1 aliphatic heterocycles. The Labute approximate surface area is 130 Å². The first-order valence-electron chi connectivity index (χ1n) is 6.59. The van der Waals surface area contributed by atoms with Crippen molar-refractivity contribution < 1.29 is 22.3 Å². The first-order chi connectivity index (χ1) is 11.0. The van der Waals surface area contributed by atoms with Crippen LogP contribution >= 0.6 is 0 Å². The number of hydrogen-bond donors (Lipinski definition) is 2. The highest BCUT2D eigenvalue weighted by molar-refractivity contribution is 7.92. The molecule has 0 spiro atoms. The molecule has 118 valence electrons. The molecule has 0 unspecified atom stereocenters. The van der Waals surface area contributed by atoms with E-state index in [4.69, 9.17) is 9.47 Å². The molecule has 0 bridgehead atoms. The molecular weight excluding hydrogens is 325 g/mol. The number of aromatic nitrogens is 2. The second-order valence-corrected chi connectivity index (χ2v) is 6.47. The fourth-order valence-electron chi connectivity index (χ4n) is 2.37. The summed E-state index contributed by atoms with van der Waals surface area (Å²) in [7, 11) is -4.20. The molecule has 23 heavy (non-hydrogen) atoms. The lowest BCUT2D eigenvalue weighted by Gasteiger charge is -2.10. The van der Waals surface area contributed by atoms with Crippen molar-refractivity contribution in [1.29, 1.82) is 0 Å². The molecule has 3 aromatic rings. The lowest BCUT2D eigenvalue weighted by Crippen LogP contribution is -2.15. The first kappa shape index (κ1) is 13.8. The highest BCUT2D eigenvalue weighted by Gasteiger charge is 2.30. The molecular formula is C14H10FN3O4S. The molecule has 0 radical (unpaired) electrons. The summed E-state index contributed by atoms with van der Waals surface area (Å²) in [6, 6.07) is 5.69. The van der Waals surface area contributed by atoms with Crippen LogP contribution in [0, 0.1) is 5.82 Å². The van der Waals surface area contributed by atoms with Crippen molar-refractivity contribution >= 4 is 26.7 Å². The highest BCUT2D eigenvalue weighted by atomic mass is 32.2. The summed E-state index contributed by atoms with van der Waals surface area (Å²) in [5.74, 6) is -0.864. The van der Waals surface area contributed by atoms with Gasteiger partial charge in [-0.05, 0) is 24.3 Å². The summed E-state index contributed by atoms with van der Waals surface area (Å²) in [5.41, 5.74) is 0.837. The molecule has 0 atom stereocenters. The zero-order valence-electron chi connectivity index (χ0n) is 11.5. The maximum atomic E-state index is 14.1. The van der Waals surface area contributed by atoms with Gasteiger partial charge >= 0.3 is 0 Å². The normalized spacial score (nSPS) is 13.4. The summed E-state index contributed by atoms with van der Waals surface area (Å²) in [4.78, 5) is 6.40. The van der Waals surface area contributed by atoms with Crippen LogP contribution < -0.4 is 14.2 Å². The van der Waals surface area contributed by atoms with Gasteiger partial charge in [-0.15, -0.1) is 0 Å². The van der Waals surface area contributed by atoms with E-state index >= 15 is 0 Å². The van der Waals surface area contributed by atoms with Crippen molar-refractivity contribution in [3.05, 3.63) is 42.5 Å². The van der Waals surface area contributed by atoms with Crippen LogP contribution in [0.5, 0.6) is 11.5 Å². The molecule has 2 N–H and O–H groups in total. The lowest BCUT2D eigenvalue weighted by molar-refractivity contribution is 0.171. The van der Waals surface area contributed by atoms with Crippen LogP contribution in [0.2, 0.25) is 0 Å². The summed E-state index contributed by atoms with van der Waals surface area (Å²) < 4.78 is 51.6. The number of sulfonamides is 1. The number of hydrogen-bond acceptors (Lipinski definition) is 5. The maximum Gasteiger partial charge on any atom is 0.268 e. The van der Waals surface area contributed by atoms with Crippen LogP contribution in [0.4, 0.5) is 10.1 Å². The molecule has 0 fully saturated rings. The van der Waals surface area contributed by atoms with Gasteiger partial charge in [-0.1, -0.05) is 0 Å². The molecule has 2 aromatic heterocycles. The predicted molar refractivity (Wildman–Crippen MR) is 79.4 cm³/mol. The minimum atomic E-state index is -4.20. The molecule has 0 amide bonds. The van der Waals surface area contributed by atoms with E-state index in [0.717, 1.165) is 11.5 Å². The molecule has 1 aromatic carbocycles. The third kappa shape index (κ3) is 2.25. The lowest BCUT2D eigenvalue weighted by atomic mass is 10.3. The maximum absolute atomic E-state index is 14.1. The summed E-state index contributed by atoms with van der Waals surface area (Å²) in [6.45, 7) is -0.155. The van der Waals surface area contributed by atoms with Gasteiger partial charge in [0.25, 0.3) is 10.0 Å². The monoisotopic (exact) mass is 335 g/mol. The van der Waals surface area contributed by atoms with Crippen molar-refractivity contribution in [2.24, 2.45) is 0 Å². The minimum Gasteiger partial charge on any atom is -0.454 e. The van der Waals surface area contributed by atoms with E-state index in [1.165, 1.54) is 12.3 Å². The molecule has 3 heterocycles. The Hall–Kier alpha value is -2.81. The molecule has 7 nitrogen and oxygen atoms in total. The number of nitrogens with one attached hydrogen (secondary N) is 2. The Kier molecular flexibility index (Phi) is 2.91. The van der Waals surface area contributed by atoms with Crippen LogP contribution in [0.3, 0.4) is 0 Å². The molecule has 0 saturated carbocycles. The summed E-state index contributed by atoms with van der Waals surface area (Å²) in [6.07, 6.45) is 3.03. The molecule has 9 heteroatoms. The van der Waals surface area contributed by atoms with Crippen molar-refractivity contribution in [2.75, 3.05) is 11.5 Å². The number of fused-ring (bicyclic) bond motifs is 2. The van der Waals surface area contributed by atoms with Gasteiger partial charge in [-0.25, -0.2) is 17.8 Å². The second-order valence-electron chi connectivity index (χ2n) is 4.86. The Bertz CT molecular complexity index is 1020. The number of pyridine rings is 1. The number of nitrogens with zero attached hydrogens (tertiary/aromatic N) is 1. The van der Waals surface area contributed by atoms with E-state index < -0.39 is 20.7 Å². The number of aromatic amines is 1. The van der Waals surface area contributed by atoms with Gasteiger partial charge in [-0.3, -0.25) is 4.72 Å². The predicted octanol–water partition coefficient (Wildman–Crippen LogP) is 2.23. The van der Waals surface area contributed by atoms with Gasteiger partial charge in [0.1, 0.15) is 11.5 Å². The largest absolute Gasteiger partial charge is 0.454 e. The average Bonchev–Trinajstić information content (AvgIpc) is 3.13. The standard InChI is InChI=1S/C14H10FN3O4S/c15-10-1-2-11-12(22-7-21-11)13(10)23(19,20)18-9-5-8-3-4-16-14(8)17-6-9/h1-6,18H,7H2,(H,16,17). The zero-order valence-corrected chi connectivity index (χ0v) is 12.4. The van der Waals surface area contributed by atoms with Crippen molar-refractivity contribution in [3.63, 3.8) is 0 Å². The van der Waals surface area contributed by atoms with Gasteiger partial charge in [0.15, 0.2) is 16.4 Å². The number of ether oxygens (including phenoxy) is 2. The number of H-pyrrole nitrogens is 1. The van der Waals surface area contributed by atoms with Crippen molar-refractivity contribution in [2.45, 2.75) is 4.90 Å². The number of anilines is 1. The fraction of sp³-hybridized carbons (Fsp3) is 0.0714. The smallest absolute Gasteiger partial charge is 0.268 e. The summed E-state index contributed by atoms with van der Waals surface area (Å²) in [5, 5.41) is 0.726. The quantitative estimate of drug-likeness (QED) is 0.765. The van der Waals surface area contributed by atoms with Crippen LogP contribution in [-0.2, 0) is 10.0 Å². The van der Waals surface area contributed by atoms with Gasteiger partial charge in [0.05, 0.1) is 11.9 Å². The van der Waals surface area contributed by atoms with E-state index in [9.17, 15) is 12.8 Å². The van der Waals surface area contributed by atoms with Gasteiger partial charge in [0, 0.05) is 11.6 Å².